The van der Waals surface area contributed by atoms with Crippen molar-refractivity contribution in [2.75, 3.05) is 13.2 Å². The fourth-order valence-corrected chi connectivity index (χ4v) is 2.23. The Morgan fingerprint density at radius 2 is 2.17 bits per heavy atom. The topological polar surface area (TPSA) is 34.4 Å². The van der Waals surface area contributed by atoms with Crippen molar-refractivity contribution in [2.45, 2.75) is 58.6 Å². The van der Waals surface area contributed by atoms with Crippen molar-refractivity contribution in [2.24, 2.45) is 0 Å². The van der Waals surface area contributed by atoms with Crippen LogP contribution in [0.2, 0.25) is 0 Å². The third kappa shape index (κ3) is 4.14. The lowest BCUT2D eigenvalue weighted by Gasteiger charge is -2.37. The predicted molar refractivity (Wildman–Crippen MR) is 74.8 cm³/mol. The molecule has 1 rings (SSSR count). The highest BCUT2D eigenvalue weighted by molar-refractivity contribution is 5.04. The zero-order valence-electron chi connectivity index (χ0n) is 12.2. The van der Waals surface area contributed by atoms with Gasteiger partial charge in [-0.25, -0.2) is 0 Å². The van der Waals surface area contributed by atoms with E-state index >= 15 is 0 Å². The van der Waals surface area contributed by atoms with Crippen LogP contribution in [0, 0.1) is 0 Å². The van der Waals surface area contributed by atoms with E-state index in [-0.39, 0.29) is 11.6 Å². The molecule has 0 bridgehead atoms. The van der Waals surface area contributed by atoms with Gasteiger partial charge in [0.05, 0.1) is 11.9 Å². The highest BCUT2D eigenvalue weighted by Gasteiger charge is 2.33. The summed E-state index contributed by atoms with van der Waals surface area (Å²) in [7, 11) is 0. The first kappa shape index (κ1) is 15.3. The molecule has 2 unspecified atom stereocenters. The van der Waals surface area contributed by atoms with E-state index in [1.165, 1.54) is 0 Å². The molecule has 1 heterocycles. The number of ether oxygens (including phenoxy) is 1. The van der Waals surface area contributed by atoms with E-state index in [9.17, 15) is 0 Å². The number of hydrogen-bond acceptors (Lipinski definition) is 3. The van der Waals surface area contributed by atoms with Crippen LogP contribution in [0.15, 0.2) is 22.8 Å². The lowest BCUT2D eigenvalue weighted by atomic mass is 9.89. The van der Waals surface area contributed by atoms with Crippen LogP contribution in [0.3, 0.4) is 0 Å². The number of nitrogens with one attached hydrogen (secondary N) is 1. The Labute approximate surface area is 111 Å². The Balaban J connectivity index is 2.74. The van der Waals surface area contributed by atoms with Crippen LogP contribution in [-0.2, 0) is 11.2 Å². The molecule has 0 spiro atoms. The smallest absolute Gasteiger partial charge is 0.105 e. The van der Waals surface area contributed by atoms with Crippen LogP contribution in [0.1, 0.15) is 46.3 Å². The standard InChI is InChI=1S/C15H27NO2/c1-5-10-16-14(12-13-9-8-11-17-13)15(4,6-2)18-7-3/h8-9,11,14,16H,5-7,10,12H2,1-4H3. The van der Waals surface area contributed by atoms with Crippen molar-refractivity contribution in [3.63, 3.8) is 0 Å². The molecule has 1 aromatic heterocycles. The summed E-state index contributed by atoms with van der Waals surface area (Å²) in [5, 5.41) is 3.60. The Bertz CT molecular complexity index is 310. The minimum Gasteiger partial charge on any atom is -0.469 e. The SMILES string of the molecule is CCCNC(Cc1ccco1)C(C)(CC)OCC. The number of furan rings is 1. The summed E-state index contributed by atoms with van der Waals surface area (Å²) in [5.41, 5.74) is -0.142. The summed E-state index contributed by atoms with van der Waals surface area (Å²) in [6.45, 7) is 10.4. The fraction of sp³-hybridized carbons (Fsp3) is 0.733. The Hall–Kier alpha value is -0.800. The second-order valence-electron chi connectivity index (χ2n) is 4.89. The zero-order valence-corrected chi connectivity index (χ0v) is 12.2. The molecule has 0 saturated heterocycles. The molecule has 0 radical (unpaired) electrons. The van der Waals surface area contributed by atoms with Gasteiger partial charge >= 0.3 is 0 Å². The Kier molecular flexibility index (Phi) is 6.44. The summed E-state index contributed by atoms with van der Waals surface area (Å²) in [5.74, 6) is 1.02. The molecule has 0 fully saturated rings. The highest BCUT2D eigenvalue weighted by Crippen LogP contribution is 2.23. The molecule has 1 N–H and O–H groups in total. The van der Waals surface area contributed by atoms with Gasteiger partial charge in [-0.2, -0.15) is 0 Å². The lowest BCUT2D eigenvalue weighted by molar-refractivity contribution is -0.0559. The molecule has 18 heavy (non-hydrogen) atoms. The molecule has 0 aliphatic rings. The van der Waals surface area contributed by atoms with Crippen LogP contribution < -0.4 is 5.32 Å². The first-order valence-electron chi connectivity index (χ1n) is 7.06. The normalized spacial score (nSPS) is 16.4. The summed E-state index contributed by atoms with van der Waals surface area (Å²) in [6.07, 6.45) is 4.72. The summed E-state index contributed by atoms with van der Waals surface area (Å²) in [6, 6.07) is 4.26. The summed E-state index contributed by atoms with van der Waals surface area (Å²) in [4.78, 5) is 0. The predicted octanol–water partition coefficient (Wildman–Crippen LogP) is 3.40. The van der Waals surface area contributed by atoms with Gasteiger partial charge in [0, 0.05) is 19.1 Å². The minimum atomic E-state index is -0.142. The Morgan fingerprint density at radius 3 is 2.67 bits per heavy atom. The third-order valence-electron chi connectivity index (χ3n) is 3.54. The summed E-state index contributed by atoms with van der Waals surface area (Å²) >= 11 is 0. The molecule has 2 atom stereocenters. The maximum atomic E-state index is 5.98. The fourth-order valence-electron chi connectivity index (χ4n) is 2.23. The summed E-state index contributed by atoms with van der Waals surface area (Å²) < 4.78 is 11.4. The van der Waals surface area contributed by atoms with Crippen LogP contribution in [-0.4, -0.2) is 24.8 Å². The Morgan fingerprint density at radius 1 is 1.39 bits per heavy atom. The van der Waals surface area contributed by atoms with Crippen molar-refractivity contribution in [3.8, 4) is 0 Å². The second kappa shape index (κ2) is 7.59. The third-order valence-corrected chi connectivity index (χ3v) is 3.54. The molecular formula is C15H27NO2. The maximum absolute atomic E-state index is 5.98. The monoisotopic (exact) mass is 253 g/mol. The quantitative estimate of drug-likeness (QED) is 0.732. The zero-order chi connectivity index (χ0) is 13.4. The van der Waals surface area contributed by atoms with Crippen molar-refractivity contribution in [1.82, 2.24) is 5.32 Å². The van der Waals surface area contributed by atoms with Gasteiger partial charge in [0.2, 0.25) is 0 Å². The van der Waals surface area contributed by atoms with Crippen molar-refractivity contribution in [3.05, 3.63) is 24.2 Å². The van der Waals surface area contributed by atoms with Gasteiger partial charge < -0.3 is 14.5 Å². The molecule has 0 aromatic carbocycles. The van der Waals surface area contributed by atoms with Crippen molar-refractivity contribution < 1.29 is 9.15 Å². The highest BCUT2D eigenvalue weighted by atomic mass is 16.5. The molecular weight excluding hydrogens is 226 g/mol. The van der Waals surface area contributed by atoms with Gasteiger partial charge in [-0.1, -0.05) is 13.8 Å². The van der Waals surface area contributed by atoms with Gasteiger partial charge in [0.1, 0.15) is 5.76 Å². The largest absolute Gasteiger partial charge is 0.469 e. The van der Waals surface area contributed by atoms with E-state index in [2.05, 4.69) is 33.0 Å². The van der Waals surface area contributed by atoms with Crippen LogP contribution in [0.5, 0.6) is 0 Å². The molecule has 0 aliphatic heterocycles. The molecule has 3 nitrogen and oxygen atoms in total. The molecule has 0 amide bonds. The van der Waals surface area contributed by atoms with E-state index < -0.39 is 0 Å². The van der Waals surface area contributed by atoms with Gasteiger partial charge in [-0.15, -0.1) is 0 Å². The van der Waals surface area contributed by atoms with Gasteiger partial charge in [-0.3, -0.25) is 0 Å². The van der Waals surface area contributed by atoms with Gasteiger partial charge in [0.25, 0.3) is 0 Å². The van der Waals surface area contributed by atoms with Crippen LogP contribution in [0.4, 0.5) is 0 Å². The minimum absolute atomic E-state index is 0.142. The second-order valence-corrected chi connectivity index (χ2v) is 4.89. The van der Waals surface area contributed by atoms with Crippen LogP contribution in [0.25, 0.3) is 0 Å². The number of rotatable bonds is 9. The average Bonchev–Trinajstić information content (AvgIpc) is 2.87. The van der Waals surface area contributed by atoms with Gasteiger partial charge in [0.15, 0.2) is 0 Å². The van der Waals surface area contributed by atoms with Gasteiger partial charge in [-0.05, 0) is 45.4 Å². The molecule has 104 valence electrons. The van der Waals surface area contributed by atoms with Crippen molar-refractivity contribution >= 4 is 0 Å². The molecule has 1 aromatic rings. The first-order valence-corrected chi connectivity index (χ1v) is 7.06. The average molecular weight is 253 g/mol. The van der Waals surface area contributed by atoms with E-state index in [1.54, 1.807) is 6.26 Å². The van der Waals surface area contributed by atoms with E-state index in [1.807, 2.05) is 12.1 Å². The van der Waals surface area contributed by atoms with Crippen molar-refractivity contribution in [1.29, 1.82) is 0 Å². The van der Waals surface area contributed by atoms with Crippen LogP contribution >= 0.6 is 0 Å². The molecule has 0 saturated carbocycles. The molecule has 0 aliphatic carbocycles. The maximum Gasteiger partial charge on any atom is 0.105 e. The van der Waals surface area contributed by atoms with E-state index in [0.29, 0.717) is 0 Å². The number of hydrogen-bond donors (Lipinski definition) is 1. The first-order chi connectivity index (χ1) is 8.66. The molecule has 3 heteroatoms. The van der Waals surface area contributed by atoms with E-state index in [4.69, 9.17) is 9.15 Å². The van der Waals surface area contributed by atoms with E-state index in [0.717, 1.165) is 38.2 Å². The lowest BCUT2D eigenvalue weighted by Crippen LogP contribution is -2.51.